The molecule has 1 nitrogen and oxygen atoms in total. The van der Waals surface area contributed by atoms with E-state index in [0.717, 1.165) is 18.1 Å². The van der Waals surface area contributed by atoms with Crippen LogP contribution in [-0.2, 0) is 4.79 Å². The maximum atomic E-state index is 11.7. The molecule has 1 rings (SSSR count). The number of hydrogen-bond donors (Lipinski definition) is 0. The van der Waals surface area contributed by atoms with Crippen LogP contribution in [0, 0.1) is 5.41 Å². The topological polar surface area (TPSA) is 17.1 Å². The van der Waals surface area contributed by atoms with E-state index in [4.69, 9.17) is 0 Å². The number of unbranched alkanes of at least 4 members (excludes halogenated alkanes) is 1. The molecule has 0 N–H and O–H groups in total. The van der Waals surface area contributed by atoms with Crippen LogP contribution in [0.4, 0.5) is 0 Å². The molecule has 0 unspecified atom stereocenters. The highest BCUT2D eigenvalue weighted by Gasteiger charge is 2.21. The lowest BCUT2D eigenvalue weighted by Gasteiger charge is -2.16. The molecule has 1 fully saturated rings. The number of carbonyl (C=O) groups is 1. The second kappa shape index (κ2) is 7.65. The van der Waals surface area contributed by atoms with E-state index < -0.39 is 0 Å². The summed E-state index contributed by atoms with van der Waals surface area (Å²) in [6.07, 6.45) is 5.74. The minimum Gasteiger partial charge on any atom is -0.299 e. The molecule has 0 aromatic rings. The Labute approximate surface area is 109 Å². The molecule has 0 spiro atoms. The maximum Gasteiger partial charge on any atom is 0.138 e. The summed E-state index contributed by atoms with van der Waals surface area (Å²) in [7, 11) is 4.04. The predicted octanol–water partition coefficient (Wildman–Crippen LogP) is 4.95. The Balaban J connectivity index is 0.00000225. The van der Waals surface area contributed by atoms with Crippen LogP contribution in [0.25, 0.3) is 0 Å². The first-order valence-electron chi connectivity index (χ1n) is 5.82. The lowest BCUT2D eigenvalue weighted by Crippen LogP contribution is -2.19. The van der Waals surface area contributed by atoms with Crippen molar-refractivity contribution in [1.29, 1.82) is 0 Å². The van der Waals surface area contributed by atoms with Gasteiger partial charge in [0.2, 0.25) is 0 Å². The molecular weight excluding hydrogens is 236 g/mol. The van der Waals surface area contributed by atoms with Crippen LogP contribution in [0.3, 0.4) is 0 Å². The molecule has 1 aliphatic rings. The summed E-state index contributed by atoms with van der Waals surface area (Å²) >= 11 is 0. The van der Waals surface area contributed by atoms with E-state index in [1.807, 2.05) is 42.4 Å². The molecule has 16 heavy (non-hydrogen) atoms. The zero-order chi connectivity index (χ0) is 11.3. The molecule has 0 amide bonds. The lowest BCUT2D eigenvalue weighted by molar-refractivity contribution is -0.126. The number of ketones is 1. The van der Waals surface area contributed by atoms with E-state index in [1.165, 1.54) is 25.0 Å². The molecule has 0 aromatic heterocycles. The van der Waals surface area contributed by atoms with Gasteiger partial charge in [0, 0.05) is 22.8 Å². The average Bonchev–Trinajstić information content (AvgIpc) is 2.63. The largest absolute Gasteiger partial charge is 0.299 e. The van der Waals surface area contributed by atoms with Gasteiger partial charge in [0.05, 0.1) is 0 Å². The molecule has 0 bridgehead atoms. The van der Waals surface area contributed by atoms with Crippen molar-refractivity contribution in [3.8, 4) is 0 Å². The van der Waals surface area contributed by atoms with Gasteiger partial charge >= 0.3 is 0 Å². The number of carbonyl (C=O) groups excluding carboxylic acids is 1. The van der Waals surface area contributed by atoms with Crippen molar-refractivity contribution in [2.24, 2.45) is 5.41 Å². The first-order chi connectivity index (χ1) is 7.00. The van der Waals surface area contributed by atoms with Crippen molar-refractivity contribution < 1.29 is 4.79 Å². The van der Waals surface area contributed by atoms with Crippen LogP contribution in [0.5, 0.6) is 0 Å². The molecule has 0 aromatic carbocycles. The second-order valence-corrected chi connectivity index (χ2v) is 8.04. The van der Waals surface area contributed by atoms with Crippen LogP contribution in [-0.4, -0.2) is 16.8 Å². The number of Topliss-reactive ketones (excluding diaryl/α,β-unsaturated/α-hetero) is 1. The molecule has 1 atom stereocenters. The number of hydrogen-bond acceptors (Lipinski definition) is 3. The lowest BCUT2D eigenvalue weighted by atomic mass is 9.88. The normalized spacial score (nSPS) is 20.6. The molecule has 0 radical (unpaired) electrons. The van der Waals surface area contributed by atoms with Crippen LogP contribution < -0.4 is 0 Å². The van der Waals surface area contributed by atoms with Crippen molar-refractivity contribution in [2.75, 3.05) is 5.75 Å². The Morgan fingerprint density at radius 2 is 2.00 bits per heavy atom. The minimum absolute atomic E-state index is 0. The highest BCUT2D eigenvalue weighted by molar-refractivity contribution is 8.77. The Morgan fingerprint density at radius 1 is 1.31 bits per heavy atom. The van der Waals surface area contributed by atoms with Crippen LogP contribution in [0.1, 0.15) is 60.3 Å². The fourth-order valence-electron chi connectivity index (χ4n) is 1.60. The number of rotatable bonds is 5. The third kappa shape index (κ3) is 6.19. The monoisotopic (exact) mass is 262 g/mol. The summed E-state index contributed by atoms with van der Waals surface area (Å²) in [5.41, 5.74) is -0.141. The standard InChI is InChI=1S/C12H22OS2.CH4/c1-12(2,3)11(13)7-5-4-6-10-8-9-14-15-10;/h10H,4-9H2,1-3H3;1H4/t10-;/m0./s1. The Kier molecular flexibility index (Phi) is 7.83. The molecule has 1 aliphatic heterocycles. The van der Waals surface area contributed by atoms with Gasteiger partial charge in [-0.2, -0.15) is 0 Å². The van der Waals surface area contributed by atoms with Gasteiger partial charge in [-0.25, -0.2) is 0 Å². The molecule has 0 aliphatic carbocycles. The third-order valence-electron chi connectivity index (χ3n) is 2.74. The van der Waals surface area contributed by atoms with Gasteiger partial charge in [-0.15, -0.1) is 0 Å². The molecule has 96 valence electrons. The first-order valence-corrected chi connectivity index (χ1v) is 8.20. The van der Waals surface area contributed by atoms with E-state index in [0.29, 0.717) is 5.78 Å². The van der Waals surface area contributed by atoms with Crippen molar-refractivity contribution in [3.63, 3.8) is 0 Å². The van der Waals surface area contributed by atoms with Gasteiger partial charge in [-0.05, 0) is 19.3 Å². The zero-order valence-electron chi connectivity index (χ0n) is 10.0. The summed E-state index contributed by atoms with van der Waals surface area (Å²) in [5, 5.41) is 0.861. The minimum atomic E-state index is -0.141. The van der Waals surface area contributed by atoms with Crippen LogP contribution in [0.2, 0.25) is 0 Å². The van der Waals surface area contributed by atoms with Gasteiger partial charge in [0.25, 0.3) is 0 Å². The molecule has 0 saturated carbocycles. The highest BCUT2D eigenvalue weighted by atomic mass is 33.1. The van der Waals surface area contributed by atoms with Gasteiger partial charge in [0.15, 0.2) is 0 Å². The fraction of sp³-hybridized carbons (Fsp3) is 0.923. The van der Waals surface area contributed by atoms with Crippen molar-refractivity contribution in [2.45, 2.75) is 65.6 Å². The Hall–Kier alpha value is 0.370. The predicted molar refractivity (Wildman–Crippen MR) is 78.1 cm³/mol. The van der Waals surface area contributed by atoms with Gasteiger partial charge in [-0.3, -0.25) is 4.79 Å². The maximum absolute atomic E-state index is 11.7. The fourth-order valence-corrected chi connectivity index (χ4v) is 4.62. The molecule has 3 heteroatoms. The van der Waals surface area contributed by atoms with E-state index in [2.05, 4.69) is 0 Å². The summed E-state index contributed by atoms with van der Waals surface area (Å²) < 4.78 is 0. The van der Waals surface area contributed by atoms with Gasteiger partial charge < -0.3 is 0 Å². The van der Waals surface area contributed by atoms with E-state index in [1.54, 1.807) is 0 Å². The summed E-state index contributed by atoms with van der Waals surface area (Å²) in [4.78, 5) is 11.7. The van der Waals surface area contributed by atoms with Crippen LogP contribution >= 0.6 is 21.6 Å². The molecule has 1 heterocycles. The SMILES string of the molecule is C.CC(C)(C)C(=O)CCCC[C@H]1CCSS1. The summed E-state index contributed by atoms with van der Waals surface area (Å²) in [5.74, 6) is 1.73. The van der Waals surface area contributed by atoms with E-state index >= 15 is 0 Å². The van der Waals surface area contributed by atoms with Gasteiger partial charge in [0.1, 0.15) is 5.78 Å². The van der Waals surface area contributed by atoms with E-state index in [9.17, 15) is 4.79 Å². The van der Waals surface area contributed by atoms with Crippen LogP contribution in [0.15, 0.2) is 0 Å². The Bertz CT molecular complexity index is 202. The first kappa shape index (κ1) is 16.4. The average molecular weight is 262 g/mol. The quantitative estimate of drug-likeness (QED) is 0.515. The third-order valence-corrected chi connectivity index (χ3v) is 5.75. The summed E-state index contributed by atoms with van der Waals surface area (Å²) in [6.45, 7) is 6.04. The van der Waals surface area contributed by atoms with Crippen molar-refractivity contribution >= 4 is 27.4 Å². The smallest absolute Gasteiger partial charge is 0.138 e. The van der Waals surface area contributed by atoms with E-state index in [-0.39, 0.29) is 12.8 Å². The van der Waals surface area contributed by atoms with Crippen molar-refractivity contribution in [1.82, 2.24) is 0 Å². The Morgan fingerprint density at radius 3 is 2.50 bits per heavy atom. The summed E-state index contributed by atoms with van der Waals surface area (Å²) in [6, 6.07) is 0. The zero-order valence-corrected chi connectivity index (χ0v) is 11.7. The second-order valence-electron chi connectivity index (χ2n) is 5.25. The van der Waals surface area contributed by atoms with Crippen molar-refractivity contribution in [3.05, 3.63) is 0 Å². The molecule has 1 saturated heterocycles. The highest BCUT2D eigenvalue weighted by Crippen LogP contribution is 2.39. The van der Waals surface area contributed by atoms with Gasteiger partial charge in [-0.1, -0.05) is 56.2 Å². The molecular formula is C13H26OS2.